The number of alkyl halides is 3. The van der Waals surface area contributed by atoms with Crippen molar-refractivity contribution in [3.8, 4) is 5.82 Å². The molecule has 0 bridgehead atoms. The van der Waals surface area contributed by atoms with Crippen LogP contribution in [-0.4, -0.2) is 20.0 Å². The van der Waals surface area contributed by atoms with Crippen molar-refractivity contribution in [2.45, 2.75) is 6.18 Å². The molecule has 2 aromatic heterocycles. The zero-order valence-corrected chi connectivity index (χ0v) is 9.58. The van der Waals surface area contributed by atoms with Crippen molar-refractivity contribution in [3.63, 3.8) is 0 Å². The van der Waals surface area contributed by atoms with Crippen molar-refractivity contribution in [1.82, 2.24) is 20.0 Å². The van der Waals surface area contributed by atoms with E-state index in [-0.39, 0.29) is 10.3 Å². The molecule has 2 heterocycles. The van der Waals surface area contributed by atoms with E-state index >= 15 is 0 Å². The quantitative estimate of drug-likeness (QED) is 0.873. The molecule has 9 heteroatoms. The number of hydrogen-bond donors (Lipinski definition) is 1. The van der Waals surface area contributed by atoms with Crippen LogP contribution in [-0.2, 0) is 6.18 Å². The third-order valence-corrected chi connectivity index (χ3v) is 2.48. The van der Waals surface area contributed by atoms with E-state index in [1.807, 2.05) is 0 Å². The van der Waals surface area contributed by atoms with Gasteiger partial charge in [-0.3, -0.25) is 4.79 Å². The largest absolute Gasteiger partial charge is 0.419 e. The molecule has 2 aromatic rings. The van der Waals surface area contributed by atoms with Crippen LogP contribution >= 0.6 is 15.9 Å². The van der Waals surface area contributed by atoms with Gasteiger partial charge in [0.25, 0.3) is 5.56 Å². The average molecular weight is 309 g/mol. The molecule has 2 rings (SSSR count). The summed E-state index contributed by atoms with van der Waals surface area (Å²) >= 11 is 2.94. The summed E-state index contributed by atoms with van der Waals surface area (Å²) in [7, 11) is 0. The molecule has 0 saturated heterocycles. The van der Waals surface area contributed by atoms with Crippen LogP contribution in [0, 0.1) is 0 Å². The van der Waals surface area contributed by atoms with Crippen molar-refractivity contribution < 1.29 is 13.2 Å². The number of rotatable bonds is 1. The Balaban J connectivity index is 2.44. The van der Waals surface area contributed by atoms with Gasteiger partial charge in [0.2, 0.25) is 0 Å². The van der Waals surface area contributed by atoms with Gasteiger partial charge in [-0.2, -0.15) is 23.4 Å². The summed E-state index contributed by atoms with van der Waals surface area (Å²) in [5, 5.41) is 9.21. The molecule has 0 aliphatic heterocycles. The van der Waals surface area contributed by atoms with Crippen LogP contribution in [0.25, 0.3) is 5.82 Å². The Morgan fingerprint density at radius 2 is 2.12 bits per heavy atom. The van der Waals surface area contributed by atoms with Gasteiger partial charge in [0.05, 0.1) is 16.2 Å². The minimum atomic E-state index is -4.46. The summed E-state index contributed by atoms with van der Waals surface area (Å²) < 4.78 is 38.0. The molecule has 90 valence electrons. The second kappa shape index (κ2) is 3.99. The Bertz CT molecular complexity index is 603. The molecule has 0 aliphatic carbocycles. The van der Waals surface area contributed by atoms with E-state index in [1.54, 1.807) is 0 Å². The van der Waals surface area contributed by atoms with E-state index in [2.05, 4.69) is 31.2 Å². The third kappa shape index (κ3) is 2.38. The standard InChI is InChI=1S/C8H4BrF3N4O/c9-5-1-6(14-15-7(5)17)16-3-4(2-13-16)8(10,11)12/h1-3H,(H,15,17). The molecule has 0 saturated carbocycles. The zero-order chi connectivity index (χ0) is 12.6. The van der Waals surface area contributed by atoms with Gasteiger partial charge in [0, 0.05) is 12.3 Å². The Hall–Kier alpha value is -1.64. The summed E-state index contributed by atoms with van der Waals surface area (Å²) in [6.45, 7) is 0. The maximum absolute atomic E-state index is 12.3. The molecule has 17 heavy (non-hydrogen) atoms. The second-order valence-electron chi connectivity index (χ2n) is 3.07. The predicted molar refractivity (Wildman–Crippen MR) is 54.7 cm³/mol. The third-order valence-electron chi connectivity index (χ3n) is 1.89. The Labute approximate surface area is 100 Å². The molecule has 0 aromatic carbocycles. The van der Waals surface area contributed by atoms with Crippen LogP contribution in [0.15, 0.2) is 27.7 Å². The topological polar surface area (TPSA) is 63.6 Å². The lowest BCUT2D eigenvalue weighted by atomic mass is 10.4. The first-order chi connectivity index (χ1) is 7.88. The summed E-state index contributed by atoms with van der Waals surface area (Å²) in [4.78, 5) is 11.0. The lowest BCUT2D eigenvalue weighted by Crippen LogP contribution is -2.12. The summed E-state index contributed by atoms with van der Waals surface area (Å²) in [6, 6.07) is 1.27. The number of H-pyrrole nitrogens is 1. The fraction of sp³-hybridized carbons (Fsp3) is 0.125. The van der Waals surface area contributed by atoms with Gasteiger partial charge in [0.15, 0.2) is 5.82 Å². The van der Waals surface area contributed by atoms with E-state index < -0.39 is 17.3 Å². The second-order valence-corrected chi connectivity index (χ2v) is 3.93. The van der Waals surface area contributed by atoms with E-state index in [4.69, 9.17) is 0 Å². The minimum Gasteiger partial charge on any atom is -0.267 e. The molecule has 0 spiro atoms. The summed E-state index contributed by atoms with van der Waals surface area (Å²) in [6.07, 6.45) is -2.99. The van der Waals surface area contributed by atoms with E-state index in [9.17, 15) is 18.0 Å². The minimum absolute atomic E-state index is 0.0759. The van der Waals surface area contributed by atoms with E-state index in [1.165, 1.54) is 6.07 Å². The van der Waals surface area contributed by atoms with Crippen LogP contribution in [0.1, 0.15) is 5.56 Å². The molecule has 0 amide bonds. The van der Waals surface area contributed by atoms with Gasteiger partial charge in [-0.1, -0.05) is 0 Å². The van der Waals surface area contributed by atoms with E-state index in [0.29, 0.717) is 6.20 Å². The monoisotopic (exact) mass is 308 g/mol. The van der Waals surface area contributed by atoms with Crippen LogP contribution in [0.4, 0.5) is 13.2 Å². The average Bonchev–Trinajstić information content (AvgIpc) is 2.70. The van der Waals surface area contributed by atoms with Crippen LogP contribution in [0.5, 0.6) is 0 Å². The molecule has 0 fully saturated rings. The highest BCUT2D eigenvalue weighted by Gasteiger charge is 2.32. The number of aromatic nitrogens is 4. The van der Waals surface area contributed by atoms with Crippen molar-refractivity contribution >= 4 is 15.9 Å². The van der Waals surface area contributed by atoms with Gasteiger partial charge in [-0.15, -0.1) is 0 Å². The van der Waals surface area contributed by atoms with Gasteiger partial charge in [0.1, 0.15) is 0 Å². The smallest absolute Gasteiger partial charge is 0.267 e. The predicted octanol–water partition coefficient (Wildman–Crippen LogP) is 1.74. The zero-order valence-electron chi connectivity index (χ0n) is 7.99. The molecule has 0 radical (unpaired) electrons. The first-order valence-electron chi connectivity index (χ1n) is 4.25. The molecule has 0 atom stereocenters. The lowest BCUT2D eigenvalue weighted by Gasteiger charge is -2.01. The van der Waals surface area contributed by atoms with Crippen LogP contribution in [0.3, 0.4) is 0 Å². The van der Waals surface area contributed by atoms with Gasteiger partial charge in [-0.05, 0) is 15.9 Å². The highest BCUT2D eigenvalue weighted by Crippen LogP contribution is 2.28. The fourth-order valence-corrected chi connectivity index (χ4v) is 1.38. The Morgan fingerprint density at radius 3 is 2.65 bits per heavy atom. The van der Waals surface area contributed by atoms with Crippen molar-refractivity contribution in [1.29, 1.82) is 0 Å². The lowest BCUT2D eigenvalue weighted by molar-refractivity contribution is -0.137. The van der Waals surface area contributed by atoms with Crippen LogP contribution < -0.4 is 5.56 Å². The first kappa shape index (κ1) is 11.8. The van der Waals surface area contributed by atoms with Gasteiger partial charge >= 0.3 is 6.18 Å². The van der Waals surface area contributed by atoms with Crippen molar-refractivity contribution in [2.75, 3.05) is 0 Å². The van der Waals surface area contributed by atoms with E-state index in [0.717, 1.165) is 10.9 Å². The fourth-order valence-electron chi connectivity index (χ4n) is 1.08. The number of nitrogens with one attached hydrogen (secondary N) is 1. The van der Waals surface area contributed by atoms with Crippen LogP contribution in [0.2, 0.25) is 0 Å². The SMILES string of the molecule is O=c1[nH]nc(-n2cc(C(F)(F)F)cn2)cc1Br. The highest BCUT2D eigenvalue weighted by molar-refractivity contribution is 9.10. The summed E-state index contributed by atoms with van der Waals surface area (Å²) in [5.41, 5.74) is -1.36. The van der Waals surface area contributed by atoms with Crippen molar-refractivity contribution in [2.24, 2.45) is 0 Å². The number of hydrogen-bond acceptors (Lipinski definition) is 3. The first-order valence-corrected chi connectivity index (χ1v) is 5.04. The molecule has 0 aliphatic rings. The summed E-state index contributed by atoms with van der Waals surface area (Å²) in [5.74, 6) is 0.0759. The number of aromatic amines is 1. The molecular weight excluding hydrogens is 305 g/mol. The Kier molecular flexibility index (Phi) is 2.77. The normalized spacial score (nSPS) is 11.8. The number of halogens is 4. The van der Waals surface area contributed by atoms with Gasteiger partial charge < -0.3 is 0 Å². The highest BCUT2D eigenvalue weighted by atomic mass is 79.9. The maximum Gasteiger partial charge on any atom is 0.419 e. The Morgan fingerprint density at radius 1 is 1.41 bits per heavy atom. The maximum atomic E-state index is 12.3. The number of nitrogens with zero attached hydrogens (tertiary/aromatic N) is 3. The molecule has 5 nitrogen and oxygen atoms in total. The molecule has 1 N–H and O–H groups in total. The molecule has 0 unspecified atom stereocenters. The van der Waals surface area contributed by atoms with Crippen molar-refractivity contribution in [3.05, 3.63) is 38.9 Å². The van der Waals surface area contributed by atoms with Gasteiger partial charge in [-0.25, -0.2) is 9.78 Å². The molecular formula is C8H4BrF3N4O.